The third-order valence-corrected chi connectivity index (χ3v) is 7.22. The van der Waals surface area contributed by atoms with Crippen LogP contribution in [0.1, 0.15) is 25.7 Å². The van der Waals surface area contributed by atoms with Crippen LogP contribution in [0.15, 0.2) is 58.8 Å². The first-order chi connectivity index (χ1) is 12.4. The SMILES string of the molecule is O=S(=O)(N[C@@H]1CCCC[C@H]1NS(=O)(=O)c1cccnc1)c1cccnc1. The molecule has 1 aliphatic carbocycles. The lowest BCUT2D eigenvalue weighted by Crippen LogP contribution is -2.53. The smallest absolute Gasteiger partial charge is 0.242 e. The van der Waals surface area contributed by atoms with E-state index in [2.05, 4.69) is 19.4 Å². The average Bonchev–Trinajstić information content (AvgIpc) is 2.64. The number of hydrogen-bond donors (Lipinski definition) is 2. The van der Waals surface area contributed by atoms with E-state index in [-0.39, 0.29) is 9.79 Å². The monoisotopic (exact) mass is 396 g/mol. The van der Waals surface area contributed by atoms with Crippen LogP contribution in [0.4, 0.5) is 0 Å². The van der Waals surface area contributed by atoms with Crippen LogP contribution in [0.2, 0.25) is 0 Å². The molecule has 2 atom stereocenters. The molecule has 2 heterocycles. The Bertz CT molecular complexity index is 855. The third kappa shape index (κ3) is 4.44. The van der Waals surface area contributed by atoms with Crippen LogP contribution in [0.3, 0.4) is 0 Å². The highest BCUT2D eigenvalue weighted by Gasteiger charge is 2.32. The second kappa shape index (κ2) is 7.78. The number of pyridine rings is 2. The zero-order valence-corrected chi connectivity index (χ0v) is 15.6. The molecule has 0 radical (unpaired) electrons. The molecular formula is C16H20N4O4S2. The van der Waals surface area contributed by atoms with Crippen LogP contribution in [-0.2, 0) is 20.0 Å². The summed E-state index contributed by atoms with van der Waals surface area (Å²) in [5, 5.41) is 0. The van der Waals surface area contributed by atoms with Gasteiger partial charge in [0.05, 0.1) is 0 Å². The van der Waals surface area contributed by atoms with Crippen LogP contribution in [0, 0.1) is 0 Å². The van der Waals surface area contributed by atoms with Gasteiger partial charge >= 0.3 is 0 Å². The molecule has 0 spiro atoms. The maximum absolute atomic E-state index is 12.5. The number of nitrogens with zero attached hydrogens (tertiary/aromatic N) is 2. The van der Waals surface area contributed by atoms with E-state index in [0.29, 0.717) is 12.8 Å². The number of aromatic nitrogens is 2. The van der Waals surface area contributed by atoms with Crippen molar-refractivity contribution in [3.05, 3.63) is 49.1 Å². The third-order valence-electron chi connectivity index (χ3n) is 4.27. The molecule has 2 aromatic rings. The summed E-state index contributed by atoms with van der Waals surface area (Å²) in [4.78, 5) is 7.76. The molecule has 1 aliphatic rings. The Labute approximate surface area is 153 Å². The highest BCUT2D eigenvalue weighted by molar-refractivity contribution is 7.90. The Hall–Kier alpha value is -1.88. The van der Waals surface area contributed by atoms with E-state index in [4.69, 9.17) is 0 Å². The fourth-order valence-corrected chi connectivity index (χ4v) is 5.51. The number of hydrogen-bond acceptors (Lipinski definition) is 6. The Morgan fingerprint density at radius 3 is 1.54 bits per heavy atom. The first-order valence-electron chi connectivity index (χ1n) is 8.23. The van der Waals surface area contributed by atoms with Gasteiger partial charge < -0.3 is 0 Å². The minimum Gasteiger partial charge on any atom is -0.263 e. The molecule has 10 heteroatoms. The molecule has 26 heavy (non-hydrogen) atoms. The van der Waals surface area contributed by atoms with Gasteiger partial charge in [-0.2, -0.15) is 0 Å². The largest absolute Gasteiger partial charge is 0.263 e. The molecule has 8 nitrogen and oxygen atoms in total. The maximum atomic E-state index is 12.5. The van der Waals surface area contributed by atoms with E-state index in [1.54, 1.807) is 0 Å². The van der Waals surface area contributed by atoms with Gasteiger partial charge in [0.2, 0.25) is 20.0 Å². The summed E-state index contributed by atoms with van der Waals surface area (Å²) in [7, 11) is -7.55. The van der Waals surface area contributed by atoms with Crippen molar-refractivity contribution in [3.63, 3.8) is 0 Å². The van der Waals surface area contributed by atoms with Crippen LogP contribution in [0.25, 0.3) is 0 Å². The second-order valence-corrected chi connectivity index (χ2v) is 9.55. The molecule has 1 fully saturated rings. The molecule has 0 aromatic carbocycles. The molecule has 2 N–H and O–H groups in total. The number of rotatable bonds is 6. The Morgan fingerprint density at radius 1 is 0.769 bits per heavy atom. The molecule has 2 aromatic heterocycles. The molecule has 0 amide bonds. The van der Waals surface area contributed by atoms with E-state index < -0.39 is 32.1 Å². The van der Waals surface area contributed by atoms with Crippen LogP contribution < -0.4 is 9.44 Å². The van der Waals surface area contributed by atoms with Gasteiger partial charge in [-0.25, -0.2) is 26.3 Å². The van der Waals surface area contributed by atoms with Gasteiger partial charge in [-0.1, -0.05) is 12.8 Å². The van der Waals surface area contributed by atoms with Crippen molar-refractivity contribution in [3.8, 4) is 0 Å². The Morgan fingerprint density at radius 2 is 1.19 bits per heavy atom. The summed E-state index contributed by atoms with van der Waals surface area (Å²) >= 11 is 0. The predicted molar refractivity (Wildman–Crippen MR) is 95.2 cm³/mol. The first-order valence-corrected chi connectivity index (χ1v) is 11.2. The van der Waals surface area contributed by atoms with Crippen LogP contribution in [-0.4, -0.2) is 38.9 Å². The highest BCUT2D eigenvalue weighted by atomic mass is 32.2. The summed E-state index contributed by atoms with van der Waals surface area (Å²) in [6, 6.07) is 4.93. The molecule has 0 unspecified atom stereocenters. The van der Waals surface area contributed by atoms with Crippen molar-refractivity contribution in [1.29, 1.82) is 0 Å². The first kappa shape index (κ1) is 18.9. The summed E-state index contributed by atoms with van der Waals surface area (Å²) in [5.41, 5.74) is 0. The van der Waals surface area contributed by atoms with E-state index in [0.717, 1.165) is 12.8 Å². The van der Waals surface area contributed by atoms with Crippen molar-refractivity contribution in [2.45, 2.75) is 47.6 Å². The van der Waals surface area contributed by atoms with Gasteiger partial charge in [0.1, 0.15) is 9.79 Å². The maximum Gasteiger partial charge on any atom is 0.242 e. The molecule has 0 aliphatic heterocycles. The minimum absolute atomic E-state index is 0.0550. The van der Waals surface area contributed by atoms with E-state index in [9.17, 15) is 16.8 Å². The average molecular weight is 396 g/mol. The fourth-order valence-electron chi connectivity index (χ4n) is 2.96. The summed E-state index contributed by atoms with van der Waals surface area (Å²) < 4.78 is 55.4. The van der Waals surface area contributed by atoms with Crippen LogP contribution >= 0.6 is 0 Å². The van der Waals surface area contributed by atoms with E-state index in [1.807, 2.05) is 0 Å². The molecule has 0 bridgehead atoms. The molecular weight excluding hydrogens is 376 g/mol. The second-order valence-electron chi connectivity index (χ2n) is 6.12. The lowest BCUT2D eigenvalue weighted by atomic mass is 9.92. The van der Waals surface area contributed by atoms with Gasteiger partial charge in [-0.05, 0) is 37.1 Å². The minimum atomic E-state index is -3.77. The quantitative estimate of drug-likeness (QED) is 0.753. The highest BCUT2D eigenvalue weighted by Crippen LogP contribution is 2.22. The predicted octanol–water partition coefficient (Wildman–Crippen LogP) is 1.04. The lowest BCUT2D eigenvalue weighted by Gasteiger charge is -2.32. The molecule has 140 valence electrons. The van der Waals surface area contributed by atoms with Crippen molar-refractivity contribution < 1.29 is 16.8 Å². The topological polar surface area (TPSA) is 118 Å². The van der Waals surface area contributed by atoms with Gasteiger partial charge in [0.25, 0.3) is 0 Å². The van der Waals surface area contributed by atoms with Gasteiger partial charge in [-0.3, -0.25) is 9.97 Å². The lowest BCUT2D eigenvalue weighted by molar-refractivity contribution is 0.340. The van der Waals surface area contributed by atoms with Crippen molar-refractivity contribution in [1.82, 2.24) is 19.4 Å². The number of sulfonamides is 2. The van der Waals surface area contributed by atoms with E-state index >= 15 is 0 Å². The van der Waals surface area contributed by atoms with Gasteiger partial charge in [-0.15, -0.1) is 0 Å². The Kier molecular flexibility index (Phi) is 5.66. The summed E-state index contributed by atoms with van der Waals surface area (Å²) in [5.74, 6) is 0. The van der Waals surface area contributed by atoms with Crippen LogP contribution in [0.5, 0.6) is 0 Å². The molecule has 0 saturated heterocycles. The summed E-state index contributed by atoms with van der Waals surface area (Å²) in [6.45, 7) is 0. The van der Waals surface area contributed by atoms with Crippen molar-refractivity contribution >= 4 is 20.0 Å². The van der Waals surface area contributed by atoms with Crippen molar-refractivity contribution in [2.75, 3.05) is 0 Å². The summed E-state index contributed by atoms with van der Waals surface area (Å²) in [6.07, 6.45) is 8.27. The zero-order valence-electron chi connectivity index (χ0n) is 13.9. The normalized spacial score (nSPS) is 21.4. The van der Waals surface area contributed by atoms with Gasteiger partial charge in [0.15, 0.2) is 0 Å². The van der Waals surface area contributed by atoms with Crippen molar-refractivity contribution in [2.24, 2.45) is 0 Å². The molecule has 1 saturated carbocycles. The standard InChI is InChI=1S/C16H20N4O4S2/c21-25(22,13-5-3-9-17-11-13)19-15-7-1-2-8-16(15)20-26(23,24)14-6-4-10-18-12-14/h3-6,9-12,15-16,19-20H,1-2,7-8H2/t15-,16-/m1/s1. The fraction of sp³-hybridized carbons (Fsp3) is 0.375. The number of nitrogens with one attached hydrogen (secondary N) is 2. The van der Waals surface area contributed by atoms with Gasteiger partial charge in [0, 0.05) is 36.9 Å². The molecule has 3 rings (SSSR count). The Balaban J connectivity index is 1.78. The zero-order chi connectivity index (χ0) is 18.6. The van der Waals surface area contributed by atoms with E-state index in [1.165, 1.54) is 49.1 Å².